The van der Waals surface area contributed by atoms with Crippen LogP contribution in [0.2, 0.25) is 0 Å². The van der Waals surface area contributed by atoms with Gasteiger partial charge in [-0.05, 0) is 12.5 Å². The predicted molar refractivity (Wildman–Crippen MR) is 87.3 cm³/mol. The molecule has 0 aromatic carbocycles. The Morgan fingerprint density at radius 3 is 3.00 bits per heavy atom. The van der Waals surface area contributed by atoms with E-state index in [9.17, 15) is 18.7 Å². The highest BCUT2D eigenvalue weighted by Crippen LogP contribution is 2.34. The van der Waals surface area contributed by atoms with Crippen molar-refractivity contribution in [1.82, 2.24) is 15.5 Å². The van der Waals surface area contributed by atoms with Crippen molar-refractivity contribution in [2.75, 3.05) is 26.2 Å². The summed E-state index contributed by atoms with van der Waals surface area (Å²) in [6.45, 7) is 1.62. The lowest BCUT2D eigenvalue weighted by Crippen LogP contribution is -2.46. The lowest BCUT2D eigenvalue weighted by atomic mass is 10.1. The first-order chi connectivity index (χ1) is 12.4. The maximum Gasteiger partial charge on any atom is 0.319 e. The summed E-state index contributed by atoms with van der Waals surface area (Å²) < 4.78 is 33.3. The number of likely N-dealkylation sites (tertiary alicyclic amines) is 1. The molecule has 2 aliphatic rings. The summed E-state index contributed by atoms with van der Waals surface area (Å²) in [5, 5.41) is 28.3. The van der Waals surface area contributed by atoms with Gasteiger partial charge in [-0.2, -0.15) is 8.78 Å². The largest absolute Gasteiger partial charge is 0.384 e. The third kappa shape index (κ3) is 4.93. The smallest absolute Gasteiger partial charge is 0.319 e. The highest BCUT2D eigenvalue weighted by atomic mass is 19.3. The molecule has 6 N–H and O–H groups in total. The number of alkyl halides is 2. The minimum absolute atomic E-state index is 0.0118. The zero-order valence-electron chi connectivity index (χ0n) is 14.1. The van der Waals surface area contributed by atoms with Crippen molar-refractivity contribution in [2.24, 2.45) is 16.2 Å². The lowest BCUT2D eigenvalue weighted by Gasteiger charge is -2.19. The number of nitrogens with one attached hydrogen (secondary N) is 3. The Morgan fingerprint density at radius 1 is 1.58 bits per heavy atom. The molecule has 1 unspecified atom stereocenters. The van der Waals surface area contributed by atoms with Crippen LogP contribution in [0.4, 0.5) is 8.78 Å². The second kappa shape index (κ2) is 8.96. The van der Waals surface area contributed by atoms with E-state index in [0.717, 1.165) is 18.7 Å². The van der Waals surface area contributed by atoms with Crippen molar-refractivity contribution in [1.29, 1.82) is 5.41 Å². The number of carbonyl (C=O) groups excluding carboxylic acids is 1. The average Bonchev–Trinajstić information content (AvgIpc) is 3.08. The first kappa shape index (κ1) is 20.1. The van der Waals surface area contributed by atoms with Crippen molar-refractivity contribution in [3.63, 3.8) is 0 Å². The molecule has 0 bridgehead atoms. The quantitative estimate of drug-likeness (QED) is 0.0948. The van der Waals surface area contributed by atoms with Crippen LogP contribution in [0.5, 0.6) is 0 Å². The number of rotatable bonds is 8. The van der Waals surface area contributed by atoms with Gasteiger partial charge in [-0.1, -0.05) is 5.22 Å². The Labute approximate surface area is 148 Å². The molecule has 2 heterocycles. The van der Waals surface area contributed by atoms with Gasteiger partial charge in [0.2, 0.25) is 5.91 Å². The van der Waals surface area contributed by atoms with Gasteiger partial charge in [0.1, 0.15) is 12.2 Å². The Kier molecular flexibility index (Phi) is 6.94. The van der Waals surface area contributed by atoms with Crippen molar-refractivity contribution in [3.05, 3.63) is 12.3 Å². The van der Waals surface area contributed by atoms with Crippen molar-refractivity contribution < 1.29 is 23.4 Å². The topological polar surface area (TPSA) is 148 Å². The van der Waals surface area contributed by atoms with E-state index in [1.807, 2.05) is 0 Å². The number of amides is 1. The number of amidine groups is 1. The SMILES string of the molecule is N=C(/C=C\N[C@@H]1O[C@H](CNCCN2CCCC2=O)C(O)C1(F)F)N=NN. The molecule has 146 valence electrons. The van der Waals surface area contributed by atoms with E-state index in [4.69, 9.17) is 16.0 Å². The number of nitrogens with two attached hydrogens (primary N) is 1. The van der Waals surface area contributed by atoms with Crippen LogP contribution in [-0.4, -0.2) is 72.3 Å². The van der Waals surface area contributed by atoms with Crippen LogP contribution in [0.15, 0.2) is 22.6 Å². The molecule has 2 saturated heterocycles. The first-order valence-electron chi connectivity index (χ1n) is 8.18. The zero-order valence-corrected chi connectivity index (χ0v) is 14.1. The molecule has 0 aliphatic carbocycles. The third-order valence-electron chi connectivity index (χ3n) is 4.14. The number of aliphatic hydroxyl groups is 1. The van der Waals surface area contributed by atoms with E-state index in [2.05, 4.69) is 21.0 Å². The van der Waals surface area contributed by atoms with Gasteiger partial charge >= 0.3 is 5.92 Å². The van der Waals surface area contributed by atoms with Crippen molar-refractivity contribution in [2.45, 2.75) is 37.2 Å². The highest BCUT2D eigenvalue weighted by Gasteiger charge is 2.58. The highest BCUT2D eigenvalue weighted by molar-refractivity contribution is 5.90. The summed E-state index contributed by atoms with van der Waals surface area (Å²) in [5.74, 6) is 1.00. The normalized spacial score (nSPS) is 28.5. The van der Waals surface area contributed by atoms with Crippen molar-refractivity contribution in [3.8, 4) is 0 Å². The third-order valence-corrected chi connectivity index (χ3v) is 4.14. The van der Waals surface area contributed by atoms with Gasteiger partial charge < -0.3 is 31.2 Å². The van der Waals surface area contributed by atoms with Crippen LogP contribution in [0.25, 0.3) is 0 Å². The van der Waals surface area contributed by atoms with Crippen LogP contribution < -0.4 is 16.5 Å². The van der Waals surface area contributed by atoms with Gasteiger partial charge in [0.05, 0.1) is 0 Å². The van der Waals surface area contributed by atoms with E-state index >= 15 is 0 Å². The molecule has 2 aliphatic heterocycles. The summed E-state index contributed by atoms with van der Waals surface area (Å²) >= 11 is 0. The predicted octanol–water partition coefficient (Wildman–Crippen LogP) is -0.674. The summed E-state index contributed by atoms with van der Waals surface area (Å²) in [6, 6.07) is 0. The first-order valence-corrected chi connectivity index (χ1v) is 8.18. The molecule has 2 fully saturated rings. The van der Waals surface area contributed by atoms with Crippen LogP contribution in [0.1, 0.15) is 12.8 Å². The fourth-order valence-electron chi connectivity index (χ4n) is 2.76. The molecule has 0 radical (unpaired) electrons. The second-order valence-electron chi connectivity index (χ2n) is 5.96. The van der Waals surface area contributed by atoms with Crippen LogP contribution >= 0.6 is 0 Å². The van der Waals surface area contributed by atoms with E-state index < -0.39 is 24.4 Å². The fourth-order valence-corrected chi connectivity index (χ4v) is 2.76. The Balaban J connectivity index is 1.77. The van der Waals surface area contributed by atoms with Gasteiger partial charge in [0.15, 0.2) is 12.1 Å². The molecule has 2 rings (SSSR count). The lowest BCUT2D eigenvalue weighted by molar-refractivity contribution is -0.127. The zero-order chi connectivity index (χ0) is 19.2. The molecule has 0 aromatic heterocycles. The molecule has 10 nitrogen and oxygen atoms in total. The van der Waals surface area contributed by atoms with Gasteiger partial charge in [-0.15, -0.1) is 5.11 Å². The molecular formula is C14H23F2N7O3. The number of carbonyl (C=O) groups is 1. The summed E-state index contributed by atoms with van der Waals surface area (Å²) in [6.07, 6.45) is -1.35. The number of aliphatic hydroxyl groups excluding tert-OH is 1. The monoisotopic (exact) mass is 375 g/mol. The van der Waals surface area contributed by atoms with E-state index in [1.54, 1.807) is 4.90 Å². The minimum atomic E-state index is -3.51. The maximum absolute atomic E-state index is 14.1. The number of nitrogens with zero attached hydrogens (tertiary/aromatic N) is 3. The van der Waals surface area contributed by atoms with E-state index in [1.165, 1.54) is 0 Å². The molecule has 0 aromatic rings. The minimum Gasteiger partial charge on any atom is -0.384 e. The van der Waals surface area contributed by atoms with Crippen LogP contribution in [0, 0.1) is 5.41 Å². The number of hydrogen-bond acceptors (Lipinski definition) is 7. The standard InChI is InChI=1S/C14H23F2N7O3/c15-14(16)12(25)9(8-19-5-7-23-6-1-2-11(23)24)26-13(14)20-4-3-10(17)21-22-18/h3-4,9,12-13,19-20,25H,1-2,5-8H2,(H3,17,18,21)/b4-3-/t9-,12?,13-/m1/s1. The summed E-state index contributed by atoms with van der Waals surface area (Å²) in [5.41, 5.74) is 0. The van der Waals surface area contributed by atoms with Gasteiger partial charge in [0.25, 0.3) is 0 Å². The molecule has 26 heavy (non-hydrogen) atoms. The van der Waals surface area contributed by atoms with Gasteiger partial charge in [-0.25, -0.2) is 0 Å². The van der Waals surface area contributed by atoms with Gasteiger partial charge in [-0.3, -0.25) is 10.2 Å². The Bertz CT molecular complexity index is 573. The molecular weight excluding hydrogens is 352 g/mol. The number of ether oxygens (including phenoxy) is 1. The van der Waals surface area contributed by atoms with E-state index in [-0.39, 0.29) is 18.3 Å². The average molecular weight is 375 g/mol. The Hall–Kier alpha value is -2.18. The molecule has 1 amide bonds. The van der Waals surface area contributed by atoms with Gasteiger partial charge in [0, 0.05) is 38.8 Å². The molecule has 12 heteroatoms. The second-order valence-corrected chi connectivity index (χ2v) is 5.96. The summed E-state index contributed by atoms with van der Waals surface area (Å²) in [4.78, 5) is 13.2. The number of hydrogen-bond donors (Lipinski definition) is 5. The van der Waals surface area contributed by atoms with Crippen LogP contribution in [-0.2, 0) is 9.53 Å². The molecule has 0 spiro atoms. The molecule has 3 atom stereocenters. The maximum atomic E-state index is 14.1. The number of halogens is 2. The van der Waals surface area contributed by atoms with Crippen molar-refractivity contribution >= 4 is 11.7 Å². The molecule has 0 saturated carbocycles. The van der Waals surface area contributed by atoms with E-state index in [0.29, 0.717) is 26.1 Å². The van der Waals surface area contributed by atoms with Crippen LogP contribution in [0.3, 0.4) is 0 Å². The Morgan fingerprint density at radius 2 is 2.35 bits per heavy atom. The fraction of sp³-hybridized carbons (Fsp3) is 0.714. The summed E-state index contributed by atoms with van der Waals surface area (Å²) in [7, 11) is 0.